The van der Waals surface area contributed by atoms with Gasteiger partial charge >= 0.3 is 5.69 Å². The van der Waals surface area contributed by atoms with Crippen molar-refractivity contribution in [2.24, 2.45) is 0 Å². The standard InChI is InChI=1S/C20H19ClN4O2/c1-13(14-5-3-2-4-6-14)24-11-17-18(22-12-24)25(20(27)23-19(17)26)16-9-7-15(21)8-10-16/h2-10,13,22H,11-12H2,1H3,(H,23,26,27)/p+1/t13-/m0/s1. The maximum Gasteiger partial charge on any atom is 0.334 e. The second-order valence-corrected chi connectivity index (χ2v) is 7.16. The fraction of sp³-hybridized carbons (Fsp3) is 0.200. The van der Waals surface area contributed by atoms with Crippen LogP contribution in [0.4, 0.5) is 5.82 Å². The summed E-state index contributed by atoms with van der Waals surface area (Å²) >= 11 is 5.96. The summed E-state index contributed by atoms with van der Waals surface area (Å²) in [5.41, 5.74) is 1.64. The lowest BCUT2D eigenvalue weighted by Crippen LogP contribution is -3.12. The van der Waals surface area contributed by atoms with Crippen molar-refractivity contribution >= 4 is 17.4 Å². The van der Waals surface area contributed by atoms with E-state index in [1.165, 1.54) is 15.0 Å². The summed E-state index contributed by atoms with van der Waals surface area (Å²) in [4.78, 5) is 28.6. The highest BCUT2D eigenvalue weighted by Gasteiger charge is 2.29. The molecule has 0 aliphatic carbocycles. The van der Waals surface area contributed by atoms with Gasteiger partial charge < -0.3 is 10.2 Å². The maximum absolute atomic E-state index is 12.5. The van der Waals surface area contributed by atoms with Gasteiger partial charge in [-0.1, -0.05) is 41.9 Å². The molecule has 27 heavy (non-hydrogen) atoms. The third kappa shape index (κ3) is 3.29. The average molecular weight is 384 g/mol. The molecule has 138 valence electrons. The fourth-order valence-electron chi connectivity index (χ4n) is 3.53. The van der Waals surface area contributed by atoms with Crippen LogP contribution >= 0.6 is 11.6 Å². The molecule has 0 bridgehead atoms. The molecule has 6 nitrogen and oxygen atoms in total. The lowest BCUT2D eigenvalue weighted by atomic mass is 10.1. The van der Waals surface area contributed by atoms with Crippen LogP contribution in [0.5, 0.6) is 0 Å². The normalized spacial score (nSPS) is 17.0. The molecule has 2 heterocycles. The van der Waals surface area contributed by atoms with Crippen molar-refractivity contribution in [1.82, 2.24) is 9.55 Å². The third-order valence-corrected chi connectivity index (χ3v) is 5.34. The molecule has 0 saturated carbocycles. The molecule has 1 unspecified atom stereocenters. The van der Waals surface area contributed by atoms with Gasteiger partial charge in [-0.2, -0.15) is 0 Å². The highest BCUT2D eigenvalue weighted by Crippen LogP contribution is 2.19. The molecule has 0 amide bonds. The number of H-pyrrole nitrogens is 1. The zero-order valence-corrected chi connectivity index (χ0v) is 15.6. The zero-order chi connectivity index (χ0) is 19.0. The first-order valence-electron chi connectivity index (χ1n) is 8.82. The summed E-state index contributed by atoms with van der Waals surface area (Å²) in [5, 5.41) is 3.89. The lowest BCUT2D eigenvalue weighted by molar-refractivity contribution is -0.941. The Bertz CT molecular complexity index is 1070. The summed E-state index contributed by atoms with van der Waals surface area (Å²) in [5.74, 6) is 0.551. The van der Waals surface area contributed by atoms with Crippen LogP contribution in [0.3, 0.4) is 0 Å². The Hall–Kier alpha value is -2.83. The van der Waals surface area contributed by atoms with Crippen molar-refractivity contribution in [3.8, 4) is 5.69 Å². The summed E-state index contributed by atoms with van der Waals surface area (Å²) in [7, 11) is 0. The minimum Gasteiger partial charge on any atom is -0.324 e. The van der Waals surface area contributed by atoms with Crippen LogP contribution in [0.2, 0.25) is 5.02 Å². The molecule has 3 N–H and O–H groups in total. The molecule has 2 aromatic carbocycles. The first-order valence-corrected chi connectivity index (χ1v) is 9.20. The predicted octanol–water partition coefficient (Wildman–Crippen LogP) is 1.71. The number of anilines is 1. The predicted molar refractivity (Wildman–Crippen MR) is 106 cm³/mol. The van der Waals surface area contributed by atoms with Crippen LogP contribution in [0, 0.1) is 0 Å². The molecule has 0 fully saturated rings. The monoisotopic (exact) mass is 383 g/mol. The third-order valence-electron chi connectivity index (χ3n) is 5.09. The number of halogens is 1. The van der Waals surface area contributed by atoms with Gasteiger partial charge in [-0.05, 0) is 31.2 Å². The van der Waals surface area contributed by atoms with Crippen LogP contribution < -0.4 is 21.5 Å². The van der Waals surface area contributed by atoms with Gasteiger partial charge in [0, 0.05) is 10.6 Å². The highest BCUT2D eigenvalue weighted by atomic mass is 35.5. The molecule has 7 heteroatoms. The quantitative estimate of drug-likeness (QED) is 0.644. The van der Waals surface area contributed by atoms with Crippen LogP contribution in [-0.4, -0.2) is 16.2 Å². The Morgan fingerprint density at radius 3 is 2.48 bits per heavy atom. The van der Waals surface area contributed by atoms with E-state index in [2.05, 4.69) is 29.4 Å². The van der Waals surface area contributed by atoms with Gasteiger partial charge in [0.15, 0.2) is 6.67 Å². The second kappa shape index (κ2) is 7.06. The molecule has 1 aromatic heterocycles. The Labute approximate surface area is 161 Å². The number of aromatic nitrogens is 2. The van der Waals surface area contributed by atoms with Crippen molar-refractivity contribution < 1.29 is 4.90 Å². The first-order chi connectivity index (χ1) is 13.0. The molecule has 0 radical (unpaired) electrons. The van der Waals surface area contributed by atoms with E-state index in [-0.39, 0.29) is 11.6 Å². The summed E-state index contributed by atoms with van der Waals surface area (Å²) < 4.78 is 1.50. The van der Waals surface area contributed by atoms with Crippen molar-refractivity contribution in [2.75, 3.05) is 12.0 Å². The topological polar surface area (TPSA) is 71.3 Å². The van der Waals surface area contributed by atoms with Crippen molar-refractivity contribution in [3.05, 3.63) is 91.6 Å². The number of nitrogens with zero attached hydrogens (tertiary/aromatic N) is 1. The van der Waals surface area contributed by atoms with Crippen LogP contribution in [0.1, 0.15) is 24.1 Å². The Kier molecular flexibility index (Phi) is 4.59. The number of rotatable bonds is 3. The minimum absolute atomic E-state index is 0.210. The number of hydrogen-bond donors (Lipinski definition) is 3. The van der Waals surface area contributed by atoms with Gasteiger partial charge in [0.1, 0.15) is 24.0 Å². The Balaban J connectivity index is 1.74. The molecule has 4 rings (SSSR count). The molecule has 0 saturated heterocycles. The van der Waals surface area contributed by atoms with Gasteiger partial charge in [-0.15, -0.1) is 0 Å². The number of hydrogen-bond acceptors (Lipinski definition) is 3. The van der Waals surface area contributed by atoms with E-state index in [0.29, 0.717) is 35.3 Å². The van der Waals surface area contributed by atoms with Gasteiger partial charge in [-0.25, -0.2) is 9.36 Å². The molecule has 1 aliphatic heterocycles. The van der Waals surface area contributed by atoms with Crippen molar-refractivity contribution in [3.63, 3.8) is 0 Å². The van der Waals surface area contributed by atoms with E-state index >= 15 is 0 Å². The first kappa shape index (κ1) is 17.6. The van der Waals surface area contributed by atoms with E-state index in [1.807, 2.05) is 18.2 Å². The van der Waals surface area contributed by atoms with E-state index < -0.39 is 5.69 Å². The minimum atomic E-state index is -0.465. The number of aromatic amines is 1. The SMILES string of the molecule is C[C@@H](c1ccccc1)[NH+]1CNc2c(c(=O)[nH]c(=O)n2-c2ccc(Cl)cc2)C1. The largest absolute Gasteiger partial charge is 0.334 e. The van der Waals surface area contributed by atoms with E-state index in [4.69, 9.17) is 11.6 Å². The fourth-order valence-corrected chi connectivity index (χ4v) is 3.66. The molecule has 0 spiro atoms. The number of fused-ring (bicyclic) bond motifs is 1. The van der Waals surface area contributed by atoms with Crippen molar-refractivity contribution in [1.29, 1.82) is 0 Å². The second-order valence-electron chi connectivity index (χ2n) is 6.72. The van der Waals surface area contributed by atoms with Crippen LogP contribution in [0.15, 0.2) is 64.2 Å². The number of nitrogens with one attached hydrogen (secondary N) is 3. The van der Waals surface area contributed by atoms with Gasteiger partial charge in [0.05, 0.1) is 5.69 Å². The summed E-state index contributed by atoms with van der Waals surface area (Å²) in [6, 6.07) is 17.4. The van der Waals surface area contributed by atoms with Crippen LogP contribution in [-0.2, 0) is 6.54 Å². The maximum atomic E-state index is 12.5. The summed E-state index contributed by atoms with van der Waals surface area (Å²) in [6.45, 7) is 3.28. The van der Waals surface area contributed by atoms with Gasteiger partial charge in [0.2, 0.25) is 0 Å². The van der Waals surface area contributed by atoms with Gasteiger partial charge in [0.25, 0.3) is 5.56 Å². The lowest BCUT2D eigenvalue weighted by Gasteiger charge is -2.32. The smallest absolute Gasteiger partial charge is 0.324 e. The number of benzene rings is 2. The van der Waals surface area contributed by atoms with Crippen molar-refractivity contribution in [2.45, 2.75) is 19.5 Å². The summed E-state index contributed by atoms with van der Waals surface area (Å²) in [6.07, 6.45) is 0. The highest BCUT2D eigenvalue weighted by molar-refractivity contribution is 6.30. The van der Waals surface area contributed by atoms with E-state index in [0.717, 1.165) is 0 Å². The molecule has 3 aromatic rings. The van der Waals surface area contributed by atoms with E-state index in [1.54, 1.807) is 24.3 Å². The van der Waals surface area contributed by atoms with E-state index in [9.17, 15) is 9.59 Å². The Morgan fingerprint density at radius 2 is 1.78 bits per heavy atom. The molecule has 2 atom stereocenters. The Morgan fingerprint density at radius 1 is 1.07 bits per heavy atom. The zero-order valence-electron chi connectivity index (χ0n) is 14.8. The molecular weight excluding hydrogens is 364 g/mol. The number of quaternary nitrogens is 1. The average Bonchev–Trinajstić information content (AvgIpc) is 2.69. The van der Waals surface area contributed by atoms with Gasteiger partial charge in [-0.3, -0.25) is 9.78 Å². The molecule has 1 aliphatic rings. The van der Waals surface area contributed by atoms with Crippen LogP contribution in [0.25, 0.3) is 5.69 Å². The molecular formula is C20H20ClN4O2+.